The maximum absolute atomic E-state index is 9.37. The van der Waals surface area contributed by atoms with E-state index in [1.807, 2.05) is 18.4 Å². The van der Waals surface area contributed by atoms with Gasteiger partial charge >= 0.3 is 0 Å². The average Bonchev–Trinajstić information content (AvgIpc) is 2.59. The smallest absolute Gasteiger partial charge is 0.116 e. The molecule has 0 saturated carbocycles. The number of aromatic hydroxyl groups is 1. The van der Waals surface area contributed by atoms with Gasteiger partial charge in [-0.05, 0) is 34.5 Å². The van der Waals surface area contributed by atoms with Crippen LogP contribution in [0.25, 0.3) is 10.1 Å². The molecular weight excluding hydrogens is 196 g/mol. The van der Waals surface area contributed by atoms with Crippen LogP contribution in [0.3, 0.4) is 0 Å². The molecule has 0 radical (unpaired) electrons. The first kappa shape index (κ1) is 9.49. The van der Waals surface area contributed by atoms with Crippen LogP contribution in [0.5, 0.6) is 5.75 Å². The number of phenolic OH excluding ortho intramolecular Hbond substituents is 1. The van der Waals surface area contributed by atoms with Gasteiger partial charge in [0.25, 0.3) is 0 Å². The third-order valence-electron chi connectivity index (χ3n) is 2.39. The summed E-state index contributed by atoms with van der Waals surface area (Å²) in [6, 6.07) is 5.35. The molecule has 74 valence electrons. The van der Waals surface area contributed by atoms with Gasteiger partial charge in [-0.2, -0.15) is 0 Å². The molecule has 0 bridgehead atoms. The van der Waals surface area contributed by atoms with Gasteiger partial charge in [0.15, 0.2) is 0 Å². The van der Waals surface area contributed by atoms with Crippen LogP contribution in [0.15, 0.2) is 23.6 Å². The number of aliphatic hydroxyl groups is 1. The Morgan fingerprint density at radius 2 is 2.21 bits per heavy atom. The van der Waals surface area contributed by atoms with Crippen molar-refractivity contribution >= 4 is 21.4 Å². The molecule has 0 fully saturated rings. The van der Waals surface area contributed by atoms with Gasteiger partial charge in [0, 0.05) is 17.2 Å². The van der Waals surface area contributed by atoms with Crippen molar-refractivity contribution in [2.45, 2.75) is 12.8 Å². The summed E-state index contributed by atoms with van der Waals surface area (Å²) < 4.78 is 1.15. The molecule has 14 heavy (non-hydrogen) atoms. The minimum atomic E-state index is 0.130. The standard InChI is InChI=1S/C11H12O2S/c1-7(5-12)10-6-14-11-3-2-8(13)4-9(10)11/h2-4,6-7,12-13H,5H2,1H3. The number of rotatable bonds is 2. The minimum absolute atomic E-state index is 0.130. The Balaban J connectivity index is 2.61. The van der Waals surface area contributed by atoms with Gasteiger partial charge in [-0.1, -0.05) is 6.92 Å². The van der Waals surface area contributed by atoms with E-state index in [0.717, 1.165) is 15.6 Å². The summed E-state index contributed by atoms with van der Waals surface area (Å²) in [4.78, 5) is 0. The lowest BCUT2D eigenvalue weighted by molar-refractivity contribution is 0.274. The third kappa shape index (κ3) is 1.49. The molecule has 0 amide bonds. The predicted octanol–water partition coefficient (Wildman–Crippen LogP) is 2.70. The Morgan fingerprint density at radius 1 is 1.43 bits per heavy atom. The van der Waals surface area contributed by atoms with Gasteiger partial charge in [-0.25, -0.2) is 0 Å². The molecule has 2 rings (SSSR count). The lowest BCUT2D eigenvalue weighted by atomic mass is 10.0. The van der Waals surface area contributed by atoms with Crippen molar-refractivity contribution < 1.29 is 10.2 Å². The Labute approximate surface area is 86.4 Å². The second kappa shape index (κ2) is 3.59. The van der Waals surface area contributed by atoms with Crippen molar-refractivity contribution in [1.29, 1.82) is 0 Å². The lowest BCUT2D eigenvalue weighted by Crippen LogP contribution is -1.96. The van der Waals surface area contributed by atoms with Gasteiger partial charge in [0.1, 0.15) is 5.75 Å². The molecule has 0 aliphatic carbocycles. The molecule has 0 aliphatic rings. The lowest BCUT2D eigenvalue weighted by Gasteiger charge is -2.05. The van der Waals surface area contributed by atoms with Crippen LogP contribution < -0.4 is 0 Å². The second-order valence-corrected chi connectivity index (χ2v) is 4.37. The van der Waals surface area contributed by atoms with Crippen LogP contribution in [-0.4, -0.2) is 16.8 Å². The molecule has 1 heterocycles. The first-order valence-electron chi connectivity index (χ1n) is 4.53. The number of hydrogen-bond acceptors (Lipinski definition) is 3. The van der Waals surface area contributed by atoms with E-state index in [-0.39, 0.29) is 18.3 Å². The van der Waals surface area contributed by atoms with E-state index in [1.165, 1.54) is 0 Å². The zero-order valence-corrected chi connectivity index (χ0v) is 8.71. The SMILES string of the molecule is CC(CO)c1csc2ccc(O)cc12. The molecule has 1 atom stereocenters. The fourth-order valence-corrected chi connectivity index (χ4v) is 2.58. The van der Waals surface area contributed by atoms with Gasteiger partial charge in [0.05, 0.1) is 0 Å². The van der Waals surface area contributed by atoms with Crippen LogP contribution in [0.2, 0.25) is 0 Å². The molecule has 0 spiro atoms. The predicted molar refractivity (Wildman–Crippen MR) is 59.0 cm³/mol. The normalized spacial score (nSPS) is 13.3. The summed E-state index contributed by atoms with van der Waals surface area (Å²) in [5.74, 6) is 0.410. The van der Waals surface area contributed by atoms with Gasteiger partial charge in [0.2, 0.25) is 0 Å². The number of benzene rings is 1. The van der Waals surface area contributed by atoms with Crippen molar-refractivity contribution in [3.8, 4) is 5.75 Å². The molecule has 3 heteroatoms. The van der Waals surface area contributed by atoms with Crippen LogP contribution in [0.4, 0.5) is 0 Å². The molecule has 2 aromatic rings. The summed E-state index contributed by atoms with van der Waals surface area (Å²) in [5.41, 5.74) is 1.11. The van der Waals surface area contributed by atoms with Crippen molar-refractivity contribution in [1.82, 2.24) is 0 Å². The maximum atomic E-state index is 9.37. The minimum Gasteiger partial charge on any atom is -0.508 e. The first-order chi connectivity index (χ1) is 6.72. The van der Waals surface area contributed by atoms with Crippen molar-refractivity contribution in [3.63, 3.8) is 0 Å². The number of hydrogen-bond donors (Lipinski definition) is 2. The largest absolute Gasteiger partial charge is 0.508 e. The van der Waals surface area contributed by atoms with Crippen LogP contribution in [0, 0.1) is 0 Å². The highest BCUT2D eigenvalue weighted by Crippen LogP contribution is 2.33. The van der Waals surface area contributed by atoms with Crippen molar-refractivity contribution in [2.75, 3.05) is 6.61 Å². The number of fused-ring (bicyclic) bond motifs is 1. The van der Waals surface area contributed by atoms with Crippen molar-refractivity contribution in [2.24, 2.45) is 0 Å². The highest BCUT2D eigenvalue weighted by atomic mass is 32.1. The van der Waals surface area contributed by atoms with E-state index in [0.29, 0.717) is 0 Å². The Kier molecular flexibility index (Phi) is 2.44. The van der Waals surface area contributed by atoms with E-state index >= 15 is 0 Å². The maximum Gasteiger partial charge on any atom is 0.116 e. The van der Waals surface area contributed by atoms with E-state index < -0.39 is 0 Å². The van der Waals surface area contributed by atoms with Crippen molar-refractivity contribution in [3.05, 3.63) is 29.1 Å². The number of phenols is 1. The summed E-state index contributed by atoms with van der Waals surface area (Å²) in [7, 11) is 0. The molecular formula is C11H12O2S. The molecule has 2 nitrogen and oxygen atoms in total. The Bertz CT molecular complexity index is 447. The highest BCUT2D eigenvalue weighted by molar-refractivity contribution is 7.17. The fourth-order valence-electron chi connectivity index (χ4n) is 1.52. The second-order valence-electron chi connectivity index (χ2n) is 3.46. The number of aliphatic hydroxyl groups excluding tert-OH is 1. The monoisotopic (exact) mass is 208 g/mol. The summed E-state index contributed by atoms with van der Waals surface area (Å²) in [5, 5.41) is 21.5. The number of thiophene rings is 1. The molecule has 0 saturated heterocycles. The van der Waals surface area contributed by atoms with E-state index in [9.17, 15) is 5.11 Å². The molecule has 1 aromatic heterocycles. The van der Waals surface area contributed by atoms with Gasteiger partial charge in [-0.15, -0.1) is 11.3 Å². The molecule has 2 N–H and O–H groups in total. The van der Waals surface area contributed by atoms with E-state index in [4.69, 9.17) is 5.11 Å². The summed E-state index contributed by atoms with van der Waals surface area (Å²) in [6.45, 7) is 2.12. The summed E-state index contributed by atoms with van der Waals surface area (Å²) in [6.07, 6.45) is 0. The molecule has 0 aliphatic heterocycles. The molecule has 1 aromatic carbocycles. The Morgan fingerprint density at radius 3 is 2.93 bits per heavy atom. The fraction of sp³-hybridized carbons (Fsp3) is 0.273. The Hall–Kier alpha value is -1.06. The van der Waals surface area contributed by atoms with Crippen LogP contribution in [0.1, 0.15) is 18.4 Å². The zero-order valence-electron chi connectivity index (χ0n) is 7.90. The third-order valence-corrected chi connectivity index (χ3v) is 3.37. The van der Waals surface area contributed by atoms with Crippen LogP contribution in [-0.2, 0) is 0 Å². The van der Waals surface area contributed by atoms with Gasteiger partial charge < -0.3 is 10.2 Å². The summed E-state index contributed by atoms with van der Waals surface area (Å²) >= 11 is 1.64. The topological polar surface area (TPSA) is 40.5 Å². The van der Waals surface area contributed by atoms with Crippen LogP contribution >= 0.6 is 11.3 Å². The highest BCUT2D eigenvalue weighted by Gasteiger charge is 2.10. The zero-order chi connectivity index (χ0) is 10.1. The quantitative estimate of drug-likeness (QED) is 0.796. The first-order valence-corrected chi connectivity index (χ1v) is 5.41. The van der Waals surface area contributed by atoms with Gasteiger partial charge in [-0.3, -0.25) is 0 Å². The molecule has 1 unspecified atom stereocenters. The van der Waals surface area contributed by atoms with E-state index in [1.54, 1.807) is 23.5 Å². The van der Waals surface area contributed by atoms with E-state index in [2.05, 4.69) is 0 Å². The average molecular weight is 208 g/mol.